The first-order valence-electron chi connectivity index (χ1n) is 7.31. The van der Waals surface area contributed by atoms with Crippen LogP contribution in [0.4, 0.5) is 10.5 Å². The summed E-state index contributed by atoms with van der Waals surface area (Å²) in [6.45, 7) is 4.38. The number of hydrogen-bond acceptors (Lipinski definition) is 2. The van der Waals surface area contributed by atoms with Crippen LogP contribution in [-0.4, -0.2) is 41.6 Å². The summed E-state index contributed by atoms with van der Waals surface area (Å²) in [5.41, 5.74) is 2.04. The molecule has 2 atom stereocenters. The van der Waals surface area contributed by atoms with Gasteiger partial charge >= 0.3 is 12.0 Å². The second-order valence-corrected chi connectivity index (χ2v) is 5.53. The minimum atomic E-state index is -0.826. The fourth-order valence-corrected chi connectivity index (χ4v) is 2.80. The monoisotopic (exact) mass is 290 g/mol. The van der Waals surface area contributed by atoms with Gasteiger partial charge in [0.05, 0.1) is 5.92 Å². The number of aliphatic carboxylic acids is 1. The fourth-order valence-electron chi connectivity index (χ4n) is 2.80. The summed E-state index contributed by atoms with van der Waals surface area (Å²) in [4.78, 5) is 26.9. The van der Waals surface area contributed by atoms with Crippen molar-refractivity contribution < 1.29 is 14.7 Å². The predicted octanol–water partition coefficient (Wildman–Crippen LogP) is 2.60. The van der Waals surface area contributed by atoms with E-state index < -0.39 is 11.9 Å². The smallest absolute Gasteiger partial charge is 0.324 e. The Hall–Kier alpha value is -2.04. The highest BCUT2D eigenvalue weighted by Gasteiger charge is 2.39. The van der Waals surface area contributed by atoms with E-state index in [0.717, 1.165) is 12.1 Å². The molecule has 2 unspecified atom stereocenters. The third-order valence-electron chi connectivity index (χ3n) is 4.34. The average Bonchev–Trinajstić information content (AvgIpc) is 2.87. The summed E-state index contributed by atoms with van der Waals surface area (Å²) in [6.07, 6.45) is 1.48. The summed E-state index contributed by atoms with van der Waals surface area (Å²) in [5, 5.41) is 9.14. The molecule has 0 aliphatic carbocycles. The first-order chi connectivity index (χ1) is 9.95. The van der Waals surface area contributed by atoms with Gasteiger partial charge in [0, 0.05) is 25.3 Å². The van der Waals surface area contributed by atoms with Crippen LogP contribution in [0.3, 0.4) is 0 Å². The molecular formula is C16H22N2O3. The molecule has 1 aliphatic rings. The highest BCUT2D eigenvalue weighted by Crippen LogP contribution is 2.26. The largest absolute Gasteiger partial charge is 0.481 e. The fraction of sp³-hybridized carbons (Fsp3) is 0.500. The van der Waals surface area contributed by atoms with Crippen LogP contribution < -0.4 is 4.90 Å². The molecule has 0 bridgehead atoms. The number of carboxylic acid groups (broad SMARTS) is 1. The van der Waals surface area contributed by atoms with E-state index in [-0.39, 0.29) is 12.1 Å². The van der Waals surface area contributed by atoms with Gasteiger partial charge in [-0.25, -0.2) is 4.79 Å². The van der Waals surface area contributed by atoms with Crippen molar-refractivity contribution >= 4 is 17.7 Å². The molecule has 114 valence electrons. The van der Waals surface area contributed by atoms with E-state index in [1.807, 2.05) is 24.3 Å². The van der Waals surface area contributed by atoms with Gasteiger partial charge in [0.1, 0.15) is 0 Å². The Balaban J connectivity index is 2.10. The van der Waals surface area contributed by atoms with Crippen LogP contribution in [0.15, 0.2) is 24.3 Å². The van der Waals surface area contributed by atoms with Gasteiger partial charge in [-0.05, 0) is 37.5 Å². The zero-order valence-electron chi connectivity index (χ0n) is 12.7. The molecule has 1 aromatic rings. The number of amides is 2. The normalized spacial score (nSPS) is 21.4. The molecule has 1 saturated heterocycles. The second kappa shape index (κ2) is 6.16. The average molecular weight is 290 g/mol. The van der Waals surface area contributed by atoms with Gasteiger partial charge in [0.25, 0.3) is 0 Å². The van der Waals surface area contributed by atoms with Crippen LogP contribution in [0.25, 0.3) is 0 Å². The number of aryl methyl sites for hydroxylation is 1. The number of benzene rings is 1. The third-order valence-corrected chi connectivity index (χ3v) is 4.34. The van der Waals surface area contributed by atoms with Gasteiger partial charge in [-0.1, -0.05) is 19.1 Å². The number of nitrogens with zero attached hydrogens (tertiary/aromatic N) is 2. The topological polar surface area (TPSA) is 60.9 Å². The highest BCUT2D eigenvalue weighted by molar-refractivity contribution is 5.92. The molecule has 0 spiro atoms. The van der Waals surface area contributed by atoms with Crippen LogP contribution >= 0.6 is 0 Å². The molecule has 5 heteroatoms. The molecule has 1 N–H and O–H groups in total. The number of urea groups is 1. The maximum absolute atomic E-state index is 12.5. The van der Waals surface area contributed by atoms with Crippen LogP contribution in [0.1, 0.15) is 25.8 Å². The van der Waals surface area contributed by atoms with Gasteiger partial charge < -0.3 is 10.0 Å². The van der Waals surface area contributed by atoms with E-state index in [2.05, 4.69) is 6.92 Å². The summed E-state index contributed by atoms with van der Waals surface area (Å²) >= 11 is 0. The minimum Gasteiger partial charge on any atom is -0.481 e. The van der Waals surface area contributed by atoms with Gasteiger partial charge in [-0.15, -0.1) is 0 Å². The summed E-state index contributed by atoms with van der Waals surface area (Å²) in [7, 11) is 1.73. The Kier molecular flexibility index (Phi) is 4.50. The van der Waals surface area contributed by atoms with Gasteiger partial charge in [-0.2, -0.15) is 0 Å². The minimum absolute atomic E-state index is 0.143. The number of carboxylic acids is 1. The molecule has 0 radical (unpaired) electrons. The van der Waals surface area contributed by atoms with E-state index in [0.29, 0.717) is 13.0 Å². The van der Waals surface area contributed by atoms with Gasteiger partial charge in [0.15, 0.2) is 0 Å². The maximum Gasteiger partial charge on any atom is 0.324 e. The zero-order chi connectivity index (χ0) is 15.6. The molecule has 2 amide bonds. The Bertz CT molecular complexity index is 527. The van der Waals surface area contributed by atoms with Crippen molar-refractivity contribution in [3.8, 4) is 0 Å². The molecule has 0 aromatic heterocycles. The van der Waals surface area contributed by atoms with E-state index in [1.54, 1.807) is 23.8 Å². The lowest BCUT2D eigenvalue weighted by Gasteiger charge is -2.28. The summed E-state index contributed by atoms with van der Waals surface area (Å²) < 4.78 is 0. The summed E-state index contributed by atoms with van der Waals surface area (Å²) in [5.74, 6) is -1.29. The predicted molar refractivity (Wildman–Crippen MR) is 81.5 cm³/mol. The van der Waals surface area contributed by atoms with Crippen molar-refractivity contribution in [3.05, 3.63) is 29.8 Å². The second-order valence-electron chi connectivity index (χ2n) is 5.53. The van der Waals surface area contributed by atoms with E-state index in [9.17, 15) is 9.59 Å². The molecule has 21 heavy (non-hydrogen) atoms. The zero-order valence-corrected chi connectivity index (χ0v) is 12.7. The maximum atomic E-state index is 12.5. The van der Waals surface area contributed by atoms with Crippen molar-refractivity contribution in [2.45, 2.75) is 32.7 Å². The SMILES string of the molecule is CCc1ccc(N(C)C(=O)N2CCC(C(=O)O)C2C)cc1. The lowest BCUT2D eigenvalue weighted by molar-refractivity contribution is -0.142. The molecule has 5 nitrogen and oxygen atoms in total. The van der Waals surface area contributed by atoms with Crippen molar-refractivity contribution in [2.24, 2.45) is 5.92 Å². The molecule has 1 aliphatic heterocycles. The standard InChI is InChI=1S/C16H22N2O3/c1-4-12-5-7-13(8-6-12)17(3)16(21)18-10-9-14(11(18)2)15(19)20/h5-8,11,14H,4,9-10H2,1-3H3,(H,19,20). The molecular weight excluding hydrogens is 268 g/mol. The lowest BCUT2D eigenvalue weighted by Crippen LogP contribution is -2.44. The third kappa shape index (κ3) is 3.01. The van der Waals surface area contributed by atoms with E-state index in [1.165, 1.54) is 5.56 Å². The van der Waals surface area contributed by atoms with Crippen LogP contribution in [0.2, 0.25) is 0 Å². The van der Waals surface area contributed by atoms with Crippen molar-refractivity contribution in [1.82, 2.24) is 4.90 Å². The Labute approximate surface area is 125 Å². The number of likely N-dealkylation sites (tertiary alicyclic amines) is 1. The number of hydrogen-bond donors (Lipinski definition) is 1. The van der Waals surface area contributed by atoms with Crippen LogP contribution in [0, 0.1) is 5.92 Å². The van der Waals surface area contributed by atoms with Gasteiger partial charge in [-0.3, -0.25) is 9.69 Å². The molecule has 2 rings (SSSR count). The van der Waals surface area contributed by atoms with Crippen molar-refractivity contribution in [2.75, 3.05) is 18.5 Å². The molecule has 1 heterocycles. The van der Waals surface area contributed by atoms with Crippen LogP contribution in [-0.2, 0) is 11.2 Å². The first-order valence-corrected chi connectivity index (χ1v) is 7.31. The van der Waals surface area contributed by atoms with E-state index >= 15 is 0 Å². The highest BCUT2D eigenvalue weighted by atomic mass is 16.4. The summed E-state index contributed by atoms with van der Waals surface area (Å²) in [6, 6.07) is 7.44. The van der Waals surface area contributed by atoms with E-state index in [4.69, 9.17) is 5.11 Å². The number of anilines is 1. The Morgan fingerprint density at radius 3 is 2.43 bits per heavy atom. The number of rotatable bonds is 3. The van der Waals surface area contributed by atoms with Gasteiger partial charge in [0.2, 0.25) is 0 Å². The Morgan fingerprint density at radius 2 is 1.95 bits per heavy atom. The molecule has 1 fully saturated rings. The quantitative estimate of drug-likeness (QED) is 0.930. The van der Waals surface area contributed by atoms with Crippen molar-refractivity contribution in [1.29, 1.82) is 0 Å². The lowest BCUT2D eigenvalue weighted by atomic mass is 10.0. The first kappa shape index (κ1) is 15.4. The molecule has 0 saturated carbocycles. The molecule has 1 aromatic carbocycles. The van der Waals surface area contributed by atoms with Crippen molar-refractivity contribution in [3.63, 3.8) is 0 Å². The van der Waals surface area contributed by atoms with Crippen LogP contribution in [0.5, 0.6) is 0 Å². The number of carbonyl (C=O) groups excluding carboxylic acids is 1. The number of carbonyl (C=O) groups is 2. The Morgan fingerprint density at radius 1 is 1.33 bits per heavy atom.